The van der Waals surface area contributed by atoms with Crippen LogP contribution in [0, 0.1) is 0 Å². The van der Waals surface area contributed by atoms with Crippen LogP contribution in [0.3, 0.4) is 0 Å². The van der Waals surface area contributed by atoms with Gasteiger partial charge in [0, 0.05) is 24.2 Å². The Morgan fingerprint density at radius 2 is 2.10 bits per heavy atom. The van der Waals surface area contributed by atoms with Gasteiger partial charge in [0.25, 0.3) is 0 Å². The van der Waals surface area contributed by atoms with Crippen LogP contribution >= 0.6 is 27.5 Å². The molecule has 0 amide bonds. The lowest BCUT2D eigenvalue weighted by Gasteiger charge is -2.06. The fourth-order valence-electron chi connectivity index (χ4n) is 1.72. The molecule has 0 aliphatic heterocycles. The Kier molecular flexibility index (Phi) is 5.86. The highest BCUT2D eigenvalue weighted by atomic mass is 79.9. The molecule has 1 heterocycles. The van der Waals surface area contributed by atoms with Crippen LogP contribution < -0.4 is 4.74 Å². The Hall–Kier alpha value is -1.07. The Morgan fingerprint density at radius 3 is 2.80 bits per heavy atom. The third kappa shape index (κ3) is 4.49. The average molecular weight is 359 g/mol. The van der Waals surface area contributed by atoms with Gasteiger partial charge in [-0.05, 0) is 30.7 Å². The first-order valence-electron chi connectivity index (χ1n) is 6.61. The van der Waals surface area contributed by atoms with Crippen molar-refractivity contribution in [1.82, 2.24) is 15.0 Å². The van der Waals surface area contributed by atoms with Crippen LogP contribution in [0.4, 0.5) is 0 Å². The molecule has 4 nitrogen and oxygen atoms in total. The lowest BCUT2D eigenvalue weighted by Crippen LogP contribution is -2.05. The molecule has 1 unspecified atom stereocenters. The van der Waals surface area contributed by atoms with Gasteiger partial charge < -0.3 is 4.74 Å². The number of alkyl halides is 1. The van der Waals surface area contributed by atoms with Crippen molar-refractivity contribution in [3.8, 4) is 5.75 Å². The summed E-state index contributed by atoms with van der Waals surface area (Å²) in [5.74, 6) is 0.834. The summed E-state index contributed by atoms with van der Waals surface area (Å²) in [6, 6.07) is 7.38. The van der Waals surface area contributed by atoms with Crippen LogP contribution in [0.2, 0.25) is 5.02 Å². The monoisotopic (exact) mass is 357 g/mol. The van der Waals surface area contributed by atoms with E-state index in [0.29, 0.717) is 11.6 Å². The normalized spacial score (nSPS) is 12.3. The molecule has 0 aliphatic rings. The van der Waals surface area contributed by atoms with E-state index in [9.17, 15) is 0 Å². The number of halogens is 2. The molecule has 1 aromatic heterocycles. The second-order valence-electron chi connectivity index (χ2n) is 4.44. The molecule has 2 rings (SSSR count). The number of hydrogen-bond acceptors (Lipinski definition) is 3. The van der Waals surface area contributed by atoms with Crippen molar-refractivity contribution in [2.45, 2.75) is 31.1 Å². The largest absolute Gasteiger partial charge is 0.494 e. The van der Waals surface area contributed by atoms with E-state index in [1.807, 2.05) is 35.1 Å². The summed E-state index contributed by atoms with van der Waals surface area (Å²) in [6.07, 6.45) is 3.86. The van der Waals surface area contributed by atoms with Crippen LogP contribution in [-0.4, -0.2) is 21.6 Å². The summed E-state index contributed by atoms with van der Waals surface area (Å²) in [5, 5.41) is 8.96. The van der Waals surface area contributed by atoms with E-state index >= 15 is 0 Å². The highest BCUT2D eigenvalue weighted by Crippen LogP contribution is 2.23. The lowest BCUT2D eigenvalue weighted by atomic mass is 10.3. The maximum Gasteiger partial charge on any atom is 0.119 e. The molecule has 0 aliphatic carbocycles. The first kappa shape index (κ1) is 15.3. The minimum absolute atomic E-state index is 0.279. The first-order chi connectivity index (χ1) is 9.69. The third-order valence-electron chi connectivity index (χ3n) is 2.85. The number of hydrogen-bond donors (Lipinski definition) is 0. The molecule has 0 N–H and O–H groups in total. The zero-order valence-electron chi connectivity index (χ0n) is 11.3. The lowest BCUT2D eigenvalue weighted by molar-refractivity contribution is 0.298. The highest BCUT2D eigenvalue weighted by Gasteiger charge is 2.09. The van der Waals surface area contributed by atoms with Gasteiger partial charge in [-0.1, -0.05) is 39.7 Å². The number of aromatic nitrogens is 3. The molecule has 1 aromatic carbocycles. The van der Waals surface area contributed by atoms with E-state index in [-0.39, 0.29) is 4.83 Å². The fourth-order valence-corrected chi connectivity index (χ4v) is 2.06. The van der Waals surface area contributed by atoms with E-state index in [0.717, 1.165) is 30.8 Å². The number of nitrogens with zero attached hydrogens (tertiary/aromatic N) is 3. The number of aryl methyl sites for hydroxylation is 1. The Bertz CT molecular complexity index is 529. The van der Waals surface area contributed by atoms with Gasteiger partial charge in [-0.25, -0.2) is 0 Å². The van der Waals surface area contributed by atoms with Crippen LogP contribution in [0.5, 0.6) is 5.75 Å². The topological polar surface area (TPSA) is 39.9 Å². The van der Waals surface area contributed by atoms with Crippen molar-refractivity contribution in [1.29, 1.82) is 0 Å². The van der Waals surface area contributed by atoms with Crippen LogP contribution in [0.25, 0.3) is 0 Å². The van der Waals surface area contributed by atoms with Crippen LogP contribution in [0.15, 0.2) is 30.5 Å². The Labute approximate surface area is 132 Å². The van der Waals surface area contributed by atoms with Crippen molar-refractivity contribution in [2.75, 3.05) is 6.61 Å². The minimum Gasteiger partial charge on any atom is -0.494 e. The fraction of sp³-hybridized carbons (Fsp3) is 0.429. The molecule has 1 atom stereocenters. The zero-order valence-corrected chi connectivity index (χ0v) is 13.6. The summed E-state index contributed by atoms with van der Waals surface area (Å²) in [4.78, 5) is 0.279. The Morgan fingerprint density at radius 1 is 1.35 bits per heavy atom. The average Bonchev–Trinajstić information content (AvgIpc) is 2.93. The van der Waals surface area contributed by atoms with Gasteiger partial charge in [-0.15, -0.1) is 5.10 Å². The maximum absolute atomic E-state index is 5.81. The second-order valence-corrected chi connectivity index (χ2v) is 5.98. The molecule has 2 aromatic rings. The summed E-state index contributed by atoms with van der Waals surface area (Å²) in [5.41, 5.74) is 0.978. The first-order valence-corrected chi connectivity index (χ1v) is 7.91. The standard InChI is InChI=1S/C14H17BrClN3O/c1-2-13(15)14-10-19(18-17-14)8-3-9-20-12-6-4-11(16)5-7-12/h4-7,10,13H,2-3,8-9H2,1H3. The summed E-state index contributed by atoms with van der Waals surface area (Å²) in [6.45, 7) is 3.55. The van der Waals surface area contributed by atoms with E-state index in [4.69, 9.17) is 16.3 Å². The molecule has 0 saturated carbocycles. The smallest absolute Gasteiger partial charge is 0.119 e. The van der Waals surface area contributed by atoms with E-state index < -0.39 is 0 Å². The highest BCUT2D eigenvalue weighted by molar-refractivity contribution is 9.09. The minimum atomic E-state index is 0.279. The maximum atomic E-state index is 5.81. The van der Waals surface area contributed by atoms with Crippen LogP contribution in [-0.2, 0) is 6.54 Å². The molecule has 0 saturated heterocycles. The molecule has 0 spiro atoms. The molecular formula is C14H17BrClN3O. The summed E-state index contributed by atoms with van der Waals surface area (Å²) >= 11 is 9.38. The van der Waals surface area contributed by atoms with Crippen molar-refractivity contribution in [3.63, 3.8) is 0 Å². The van der Waals surface area contributed by atoms with E-state index in [2.05, 4.69) is 33.2 Å². The number of benzene rings is 1. The molecule has 0 bridgehead atoms. The van der Waals surface area contributed by atoms with Gasteiger partial charge in [-0.3, -0.25) is 4.68 Å². The number of rotatable bonds is 7. The molecule has 0 fully saturated rings. The second kappa shape index (κ2) is 7.64. The summed E-state index contributed by atoms with van der Waals surface area (Å²) in [7, 11) is 0. The molecule has 0 radical (unpaired) electrons. The van der Waals surface area contributed by atoms with Crippen molar-refractivity contribution >= 4 is 27.5 Å². The molecule has 20 heavy (non-hydrogen) atoms. The number of ether oxygens (including phenoxy) is 1. The molecule has 108 valence electrons. The van der Waals surface area contributed by atoms with Gasteiger partial charge in [0.2, 0.25) is 0 Å². The van der Waals surface area contributed by atoms with Crippen molar-refractivity contribution < 1.29 is 4.74 Å². The SMILES string of the molecule is CCC(Br)c1cn(CCCOc2ccc(Cl)cc2)nn1. The van der Waals surface area contributed by atoms with Crippen LogP contribution in [0.1, 0.15) is 30.3 Å². The quantitative estimate of drug-likeness (QED) is 0.549. The van der Waals surface area contributed by atoms with Gasteiger partial charge in [0.15, 0.2) is 0 Å². The van der Waals surface area contributed by atoms with Gasteiger partial charge in [0.1, 0.15) is 5.75 Å². The predicted octanol–water partition coefficient (Wildman–Crippen LogP) is 4.25. The predicted molar refractivity (Wildman–Crippen MR) is 83.5 cm³/mol. The molecule has 6 heteroatoms. The Balaban J connectivity index is 1.73. The summed E-state index contributed by atoms with van der Waals surface area (Å²) < 4.78 is 7.48. The van der Waals surface area contributed by atoms with Gasteiger partial charge in [-0.2, -0.15) is 0 Å². The van der Waals surface area contributed by atoms with E-state index in [1.165, 1.54) is 0 Å². The van der Waals surface area contributed by atoms with Crippen molar-refractivity contribution in [3.05, 3.63) is 41.2 Å². The van der Waals surface area contributed by atoms with Gasteiger partial charge in [0.05, 0.1) is 17.1 Å². The van der Waals surface area contributed by atoms with Gasteiger partial charge >= 0.3 is 0 Å². The molecular weight excluding hydrogens is 342 g/mol. The van der Waals surface area contributed by atoms with E-state index in [1.54, 1.807) is 0 Å². The third-order valence-corrected chi connectivity index (χ3v) is 4.22. The van der Waals surface area contributed by atoms with Crippen molar-refractivity contribution in [2.24, 2.45) is 0 Å². The zero-order chi connectivity index (χ0) is 14.4.